The third-order valence-electron chi connectivity index (χ3n) is 4.87. The van der Waals surface area contributed by atoms with E-state index in [9.17, 15) is 4.39 Å². The maximum atomic E-state index is 14.6. The number of pyridine rings is 1. The van der Waals surface area contributed by atoms with E-state index in [4.69, 9.17) is 16.6 Å². The van der Waals surface area contributed by atoms with Gasteiger partial charge in [0.2, 0.25) is 0 Å². The highest BCUT2D eigenvalue weighted by Gasteiger charge is 2.19. The van der Waals surface area contributed by atoms with Gasteiger partial charge < -0.3 is 12.4 Å². The van der Waals surface area contributed by atoms with Crippen LogP contribution in [0.3, 0.4) is 0 Å². The molecule has 0 spiro atoms. The van der Waals surface area contributed by atoms with E-state index in [0.29, 0.717) is 10.6 Å². The van der Waals surface area contributed by atoms with Crippen LogP contribution in [0.1, 0.15) is 36.9 Å². The van der Waals surface area contributed by atoms with Crippen molar-refractivity contribution in [1.29, 1.82) is 0 Å². The Morgan fingerprint density at radius 1 is 0.920 bits per heavy atom. The Labute approximate surface area is 158 Å². The van der Waals surface area contributed by atoms with Gasteiger partial charge in [0, 0.05) is 21.7 Å². The second-order valence-corrected chi connectivity index (χ2v) is 6.90. The predicted molar refractivity (Wildman–Crippen MR) is 98.0 cm³/mol. The minimum absolute atomic E-state index is 0. The van der Waals surface area contributed by atoms with Crippen molar-refractivity contribution in [2.75, 3.05) is 0 Å². The van der Waals surface area contributed by atoms with E-state index in [1.165, 1.54) is 24.5 Å². The number of benzene rings is 2. The van der Waals surface area contributed by atoms with Gasteiger partial charge in [-0.2, -0.15) is 0 Å². The summed E-state index contributed by atoms with van der Waals surface area (Å²) in [7, 11) is 0. The van der Waals surface area contributed by atoms with E-state index in [-0.39, 0.29) is 18.2 Å². The lowest BCUT2D eigenvalue weighted by Crippen LogP contribution is -3.00. The normalized spacial score (nSPS) is 14.3. The van der Waals surface area contributed by atoms with Crippen molar-refractivity contribution < 1.29 is 16.8 Å². The molecule has 2 aromatic carbocycles. The van der Waals surface area contributed by atoms with Gasteiger partial charge in [0.1, 0.15) is 5.82 Å². The summed E-state index contributed by atoms with van der Waals surface area (Å²) in [6.07, 6.45) is 6.67. The minimum atomic E-state index is -0.186. The number of fused-ring (bicyclic) bond motifs is 2. The van der Waals surface area contributed by atoms with Gasteiger partial charge in [-0.3, -0.25) is 4.98 Å². The monoisotopic (exact) mass is 374 g/mol. The molecule has 1 heterocycles. The molecule has 0 aliphatic heterocycles. The zero-order valence-electron chi connectivity index (χ0n) is 13.9. The standard InChI is InChI=1S/C21H19ClFN.ClH/c22-14-11-12-20-17(13-14)21(15-7-5-6-9-18(15)23)16-8-3-1-2-4-10-19(16)24-20;/h5-7,9,11-13H,1-4,8,10H2;1H/p-1. The zero-order valence-corrected chi connectivity index (χ0v) is 15.4. The topological polar surface area (TPSA) is 12.9 Å². The van der Waals surface area contributed by atoms with Crippen molar-refractivity contribution in [2.45, 2.75) is 38.5 Å². The van der Waals surface area contributed by atoms with E-state index >= 15 is 0 Å². The number of hydrogen-bond acceptors (Lipinski definition) is 1. The second kappa shape index (κ2) is 7.72. The minimum Gasteiger partial charge on any atom is -1.00 e. The van der Waals surface area contributed by atoms with Crippen LogP contribution in [0.5, 0.6) is 0 Å². The van der Waals surface area contributed by atoms with Crippen LogP contribution in [0.25, 0.3) is 22.0 Å². The van der Waals surface area contributed by atoms with Crippen molar-refractivity contribution in [3.8, 4) is 11.1 Å². The second-order valence-electron chi connectivity index (χ2n) is 6.47. The van der Waals surface area contributed by atoms with Gasteiger partial charge in [-0.15, -0.1) is 0 Å². The van der Waals surface area contributed by atoms with Gasteiger partial charge >= 0.3 is 0 Å². The van der Waals surface area contributed by atoms with Crippen LogP contribution >= 0.6 is 11.6 Å². The molecule has 0 amide bonds. The molecule has 0 bridgehead atoms. The maximum Gasteiger partial charge on any atom is 0.131 e. The summed E-state index contributed by atoms with van der Waals surface area (Å²) in [6, 6.07) is 12.7. The van der Waals surface area contributed by atoms with E-state index in [1.807, 2.05) is 30.3 Å². The molecule has 0 unspecified atom stereocenters. The molecule has 4 heteroatoms. The first-order valence-electron chi connectivity index (χ1n) is 8.60. The number of nitrogens with zero attached hydrogens (tertiary/aromatic N) is 1. The molecule has 1 aliphatic carbocycles. The Balaban J connectivity index is 0.00000182. The summed E-state index contributed by atoms with van der Waals surface area (Å²) in [5.74, 6) is -0.186. The van der Waals surface area contributed by atoms with Gasteiger partial charge in [-0.1, -0.05) is 42.6 Å². The predicted octanol–water partition coefficient (Wildman–Crippen LogP) is 3.36. The van der Waals surface area contributed by atoms with Crippen LogP contribution in [0.4, 0.5) is 4.39 Å². The van der Waals surface area contributed by atoms with Crippen LogP contribution in [-0.2, 0) is 12.8 Å². The first-order chi connectivity index (χ1) is 11.7. The SMILES string of the molecule is Fc1ccccc1-c1c2c(nc3ccc(Cl)cc13)CCCCCC2.[Cl-]. The summed E-state index contributed by atoms with van der Waals surface area (Å²) in [5.41, 5.74) is 4.87. The summed E-state index contributed by atoms with van der Waals surface area (Å²) >= 11 is 6.24. The fraction of sp³-hybridized carbons (Fsp3) is 0.286. The Morgan fingerprint density at radius 3 is 2.48 bits per heavy atom. The highest BCUT2D eigenvalue weighted by molar-refractivity contribution is 6.31. The highest BCUT2D eigenvalue weighted by atomic mass is 35.5. The molecule has 130 valence electrons. The largest absolute Gasteiger partial charge is 1.00 e. The first kappa shape index (κ1) is 18.2. The molecule has 0 N–H and O–H groups in total. The Bertz CT molecular complexity index is 908. The lowest BCUT2D eigenvalue weighted by molar-refractivity contribution is -0.00000530. The van der Waals surface area contributed by atoms with E-state index in [1.54, 1.807) is 6.07 Å². The molecule has 4 rings (SSSR count). The number of aromatic nitrogens is 1. The lowest BCUT2D eigenvalue weighted by Gasteiger charge is -2.20. The maximum absolute atomic E-state index is 14.6. The Morgan fingerprint density at radius 2 is 1.68 bits per heavy atom. The fourth-order valence-electron chi connectivity index (χ4n) is 3.72. The average molecular weight is 375 g/mol. The van der Waals surface area contributed by atoms with E-state index in [0.717, 1.165) is 47.8 Å². The molecule has 0 saturated heterocycles. The van der Waals surface area contributed by atoms with Gasteiger partial charge in [0.05, 0.1) is 5.52 Å². The molecule has 1 aromatic heterocycles. The Hall–Kier alpha value is -1.64. The molecule has 25 heavy (non-hydrogen) atoms. The van der Waals surface area contributed by atoms with E-state index in [2.05, 4.69) is 0 Å². The first-order valence-corrected chi connectivity index (χ1v) is 8.98. The third kappa shape index (κ3) is 3.51. The van der Waals surface area contributed by atoms with Gasteiger partial charge in [-0.05, 0) is 61.1 Å². The number of rotatable bonds is 1. The summed E-state index contributed by atoms with van der Waals surface area (Å²) in [4.78, 5) is 4.89. The van der Waals surface area contributed by atoms with Crippen LogP contribution in [0.2, 0.25) is 5.02 Å². The van der Waals surface area contributed by atoms with Crippen molar-refractivity contribution in [1.82, 2.24) is 4.98 Å². The number of aryl methyl sites for hydroxylation is 1. The molecule has 1 aliphatic rings. The molecule has 1 nitrogen and oxygen atoms in total. The van der Waals surface area contributed by atoms with E-state index < -0.39 is 0 Å². The lowest BCUT2D eigenvalue weighted by atomic mass is 9.88. The molecule has 0 saturated carbocycles. The molecular weight excluding hydrogens is 356 g/mol. The summed E-state index contributed by atoms with van der Waals surface area (Å²) < 4.78 is 14.6. The van der Waals surface area contributed by atoms with Gasteiger partial charge in [0.15, 0.2) is 0 Å². The summed E-state index contributed by atoms with van der Waals surface area (Å²) in [5, 5.41) is 1.61. The van der Waals surface area contributed by atoms with Crippen LogP contribution in [-0.4, -0.2) is 4.98 Å². The molecular formula is C21H19Cl2FN-. The molecule has 0 fully saturated rings. The number of halogens is 3. The average Bonchev–Trinajstić information content (AvgIpc) is 2.56. The molecule has 0 atom stereocenters. The molecule has 3 aromatic rings. The summed E-state index contributed by atoms with van der Waals surface area (Å²) in [6.45, 7) is 0. The third-order valence-corrected chi connectivity index (χ3v) is 5.10. The fourth-order valence-corrected chi connectivity index (χ4v) is 3.89. The van der Waals surface area contributed by atoms with Crippen LogP contribution in [0, 0.1) is 5.82 Å². The number of hydrogen-bond donors (Lipinski definition) is 0. The highest BCUT2D eigenvalue weighted by Crippen LogP contribution is 2.37. The zero-order chi connectivity index (χ0) is 16.5. The van der Waals surface area contributed by atoms with Crippen molar-refractivity contribution in [2.24, 2.45) is 0 Å². The quantitative estimate of drug-likeness (QED) is 0.636. The van der Waals surface area contributed by atoms with Crippen molar-refractivity contribution >= 4 is 22.5 Å². The van der Waals surface area contributed by atoms with Crippen molar-refractivity contribution in [3.63, 3.8) is 0 Å². The van der Waals surface area contributed by atoms with Crippen LogP contribution < -0.4 is 12.4 Å². The smallest absolute Gasteiger partial charge is 0.131 e. The Kier molecular flexibility index (Phi) is 5.61. The van der Waals surface area contributed by atoms with Crippen LogP contribution in [0.15, 0.2) is 42.5 Å². The van der Waals surface area contributed by atoms with Gasteiger partial charge in [-0.25, -0.2) is 4.39 Å². The van der Waals surface area contributed by atoms with Crippen molar-refractivity contribution in [3.05, 3.63) is 64.6 Å². The molecule has 0 radical (unpaired) electrons. The van der Waals surface area contributed by atoms with Gasteiger partial charge in [0.25, 0.3) is 0 Å².